The number of amides is 1. The van der Waals surface area contributed by atoms with Gasteiger partial charge in [0.15, 0.2) is 0 Å². The fourth-order valence-electron chi connectivity index (χ4n) is 2.57. The SMILES string of the molecule is O=C(c1cscn1)N1CCCN(S(=O)(=O)c2ccc(F)cc2)CC1. The van der Waals surface area contributed by atoms with E-state index in [2.05, 4.69) is 4.98 Å². The predicted molar refractivity (Wildman–Crippen MR) is 87.8 cm³/mol. The second-order valence-electron chi connectivity index (χ2n) is 5.38. The lowest BCUT2D eigenvalue weighted by Crippen LogP contribution is -2.37. The van der Waals surface area contributed by atoms with E-state index in [0.717, 1.165) is 12.1 Å². The minimum absolute atomic E-state index is 0.0585. The van der Waals surface area contributed by atoms with Gasteiger partial charge < -0.3 is 4.90 Å². The molecule has 0 aliphatic carbocycles. The maximum Gasteiger partial charge on any atom is 0.273 e. The quantitative estimate of drug-likeness (QED) is 0.827. The normalized spacial score (nSPS) is 16.8. The van der Waals surface area contributed by atoms with Gasteiger partial charge in [-0.1, -0.05) is 0 Å². The highest BCUT2D eigenvalue weighted by molar-refractivity contribution is 7.89. The van der Waals surface area contributed by atoms with E-state index in [-0.39, 0.29) is 17.3 Å². The van der Waals surface area contributed by atoms with Crippen LogP contribution in [0.1, 0.15) is 16.9 Å². The second-order valence-corrected chi connectivity index (χ2v) is 8.03. The van der Waals surface area contributed by atoms with Gasteiger partial charge in [0.1, 0.15) is 11.5 Å². The summed E-state index contributed by atoms with van der Waals surface area (Å²) in [7, 11) is -3.69. The Kier molecular flexibility index (Phi) is 4.93. The lowest BCUT2D eigenvalue weighted by Gasteiger charge is -2.21. The summed E-state index contributed by atoms with van der Waals surface area (Å²) in [6, 6.07) is 4.77. The van der Waals surface area contributed by atoms with Gasteiger partial charge in [0.05, 0.1) is 10.4 Å². The molecule has 1 aromatic heterocycles. The molecule has 6 nitrogen and oxygen atoms in total. The van der Waals surface area contributed by atoms with E-state index in [0.29, 0.717) is 31.7 Å². The summed E-state index contributed by atoms with van der Waals surface area (Å²) in [5.41, 5.74) is 1.98. The van der Waals surface area contributed by atoms with Crippen LogP contribution in [0.3, 0.4) is 0 Å². The highest BCUT2D eigenvalue weighted by Gasteiger charge is 2.28. The van der Waals surface area contributed by atoms with Gasteiger partial charge in [0.25, 0.3) is 5.91 Å². The monoisotopic (exact) mass is 369 g/mol. The summed E-state index contributed by atoms with van der Waals surface area (Å²) < 4.78 is 39.6. The van der Waals surface area contributed by atoms with Crippen molar-refractivity contribution in [1.82, 2.24) is 14.2 Å². The van der Waals surface area contributed by atoms with Crippen molar-refractivity contribution in [2.75, 3.05) is 26.2 Å². The van der Waals surface area contributed by atoms with Crippen LogP contribution in [-0.4, -0.2) is 54.7 Å². The highest BCUT2D eigenvalue weighted by Crippen LogP contribution is 2.19. The van der Waals surface area contributed by atoms with Crippen LogP contribution in [0.4, 0.5) is 4.39 Å². The number of halogens is 1. The van der Waals surface area contributed by atoms with Gasteiger partial charge in [-0.25, -0.2) is 17.8 Å². The van der Waals surface area contributed by atoms with E-state index in [9.17, 15) is 17.6 Å². The van der Waals surface area contributed by atoms with E-state index >= 15 is 0 Å². The molecule has 0 N–H and O–H groups in total. The van der Waals surface area contributed by atoms with Gasteiger partial charge in [0.2, 0.25) is 10.0 Å². The second kappa shape index (κ2) is 6.96. The predicted octanol–water partition coefficient (Wildman–Crippen LogP) is 1.82. The van der Waals surface area contributed by atoms with E-state index in [1.165, 1.54) is 27.8 Å². The maximum atomic E-state index is 13.0. The van der Waals surface area contributed by atoms with E-state index < -0.39 is 15.8 Å². The third-order valence-electron chi connectivity index (χ3n) is 3.84. The van der Waals surface area contributed by atoms with Crippen LogP contribution in [0, 0.1) is 5.82 Å². The Bertz CT molecular complexity index is 807. The number of thiazole rings is 1. The Labute approximate surface area is 143 Å². The molecule has 2 heterocycles. The molecule has 1 amide bonds. The molecule has 2 aromatic rings. The molecular weight excluding hydrogens is 353 g/mol. The largest absolute Gasteiger partial charge is 0.336 e. The maximum absolute atomic E-state index is 13.0. The van der Waals surface area contributed by atoms with E-state index in [1.807, 2.05) is 0 Å². The molecule has 0 unspecified atom stereocenters. The summed E-state index contributed by atoms with van der Waals surface area (Å²) in [5, 5.41) is 1.68. The Morgan fingerprint density at radius 3 is 2.54 bits per heavy atom. The molecule has 1 saturated heterocycles. The molecule has 128 valence electrons. The number of carbonyl (C=O) groups excluding carboxylic acids is 1. The van der Waals surface area contributed by atoms with Gasteiger partial charge in [-0.05, 0) is 30.7 Å². The molecule has 1 aliphatic rings. The Hall–Kier alpha value is -1.84. The summed E-state index contributed by atoms with van der Waals surface area (Å²) in [6.07, 6.45) is 0.538. The Morgan fingerprint density at radius 2 is 1.88 bits per heavy atom. The van der Waals surface area contributed by atoms with Crippen LogP contribution < -0.4 is 0 Å². The number of aromatic nitrogens is 1. The third kappa shape index (κ3) is 3.47. The number of rotatable bonds is 3. The molecule has 24 heavy (non-hydrogen) atoms. The van der Waals surface area contributed by atoms with Gasteiger partial charge in [-0.15, -0.1) is 11.3 Å². The van der Waals surface area contributed by atoms with Crippen molar-refractivity contribution >= 4 is 27.3 Å². The van der Waals surface area contributed by atoms with Crippen molar-refractivity contribution in [3.8, 4) is 0 Å². The van der Waals surface area contributed by atoms with Crippen molar-refractivity contribution in [2.45, 2.75) is 11.3 Å². The van der Waals surface area contributed by atoms with Crippen LogP contribution in [-0.2, 0) is 10.0 Å². The smallest absolute Gasteiger partial charge is 0.273 e. The number of carbonyl (C=O) groups is 1. The van der Waals surface area contributed by atoms with E-state index in [1.54, 1.807) is 15.8 Å². The van der Waals surface area contributed by atoms with Gasteiger partial charge in [-0.3, -0.25) is 4.79 Å². The average Bonchev–Trinajstić information content (AvgIpc) is 2.98. The lowest BCUT2D eigenvalue weighted by molar-refractivity contribution is 0.0759. The minimum Gasteiger partial charge on any atom is -0.336 e. The van der Waals surface area contributed by atoms with Crippen molar-refractivity contribution in [3.63, 3.8) is 0 Å². The zero-order valence-corrected chi connectivity index (χ0v) is 14.4. The average molecular weight is 369 g/mol. The summed E-state index contributed by atoms with van der Waals surface area (Å²) in [5.74, 6) is -0.665. The Morgan fingerprint density at radius 1 is 1.12 bits per heavy atom. The molecule has 0 bridgehead atoms. The zero-order valence-electron chi connectivity index (χ0n) is 12.8. The van der Waals surface area contributed by atoms with Crippen LogP contribution in [0.25, 0.3) is 0 Å². The van der Waals surface area contributed by atoms with Crippen molar-refractivity contribution in [3.05, 3.63) is 46.7 Å². The van der Waals surface area contributed by atoms with Gasteiger partial charge in [0, 0.05) is 31.6 Å². The number of benzene rings is 1. The summed E-state index contributed by atoms with van der Waals surface area (Å²) >= 11 is 1.34. The van der Waals surface area contributed by atoms with Gasteiger partial charge >= 0.3 is 0 Å². The fraction of sp³-hybridized carbons (Fsp3) is 0.333. The number of sulfonamides is 1. The number of nitrogens with zero attached hydrogens (tertiary/aromatic N) is 3. The summed E-state index contributed by atoms with van der Waals surface area (Å²) in [4.78, 5) is 18.0. The minimum atomic E-state index is -3.69. The van der Waals surface area contributed by atoms with Crippen molar-refractivity contribution in [1.29, 1.82) is 0 Å². The number of hydrogen-bond donors (Lipinski definition) is 0. The van der Waals surface area contributed by atoms with Crippen LogP contribution in [0.15, 0.2) is 40.1 Å². The first-order valence-corrected chi connectivity index (χ1v) is 9.80. The first-order chi connectivity index (χ1) is 11.5. The molecule has 0 atom stereocenters. The molecule has 0 saturated carbocycles. The summed E-state index contributed by atoms with van der Waals surface area (Å²) in [6.45, 7) is 1.30. The molecule has 9 heteroatoms. The van der Waals surface area contributed by atoms with Gasteiger partial charge in [-0.2, -0.15) is 4.31 Å². The third-order valence-corrected chi connectivity index (χ3v) is 6.34. The van der Waals surface area contributed by atoms with E-state index in [4.69, 9.17) is 0 Å². The van der Waals surface area contributed by atoms with Crippen LogP contribution in [0.2, 0.25) is 0 Å². The molecule has 1 aromatic carbocycles. The van der Waals surface area contributed by atoms with Crippen molar-refractivity contribution in [2.24, 2.45) is 0 Å². The first kappa shape index (κ1) is 17.0. The molecule has 0 radical (unpaired) electrons. The molecule has 0 spiro atoms. The topological polar surface area (TPSA) is 70.6 Å². The van der Waals surface area contributed by atoms with Crippen LogP contribution >= 0.6 is 11.3 Å². The van der Waals surface area contributed by atoms with Crippen LogP contribution in [0.5, 0.6) is 0 Å². The first-order valence-electron chi connectivity index (χ1n) is 7.41. The number of hydrogen-bond acceptors (Lipinski definition) is 5. The molecular formula is C15H16FN3O3S2. The standard InChI is InChI=1S/C15H16FN3O3S2/c16-12-2-4-13(5-3-12)24(21,22)19-7-1-6-18(8-9-19)15(20)14-10-23-11-17-14/h2-5,10-11H,1,6-9H2. The van der Waals surface area contributed by atoms with Crippen molar-refractivity contribution < 1.29 is 17.6 Å². The molecule has 1 aliphatic heterocycles. The molecule has 3 rings (SSSR count). The molecule has 1 fully saturated rings. The Balaban J connectivity index is 1.73. The lowest BCUT2D eigenvalue weighted by atomic mass is 10.3. The highest BCUT2D eigenvalue weighted by atomic mass is 32.2. The zero-order chi connectivity index (χ0) is 17.2. The fourth-order valence-corrected chi connectivity index (χ4v) is 4.57.